The zero-order chi connectivity index (χ0) is 14.7. The van der Waals surface area contributed by atoms with E-state index < -0.39 is 0 Å². The molecule has 4 nitrogen and oxygen atoms in total. The average Bonchev–Trinajstić information content (AvgIpc) is 2.83. The van der Waals surface area contributed by atoms with Crippen LogP contribution in [0.5, 0.6) is 0 Å². The lowest BCUT2D eigenvalue weighted by Gasteiger charge is -2.08. The molecule has 2 aromatic rings. The molecule has 0 aliphatic carbocycles. The van der Waals surface area contributed by atoms with Crippen LogP contribution in [0.25, 0.3) is 0 Å². The SMILES string of the molecule is COC(=O)Cc1csc(Nc2cc(Cl)c(C)cc2Br)n1. The van der Waals surface area contributed by atoms with Gasteiger partial charge in [0.25, 0.3) is 0 Å². The molecule has 0 spiro atoms. The number of hydrogen-bond acceptors (Lipinski definition) is 5. The first kappa shape index (κ1) is 15.3. The van der Waals surface area contributed by atoms with Crippen LogP contribution in [-0.4, -0.2) is 18.1 Å². The molecule has 0 radical (unpaired) electrons. The van der Waals surface area contributed by atoms with Crippen molar-refractivity contribution >= 4 is 55.7 Å². The zero-order valence-electron chi connectivity index (χ0n) is 10.9. The Kier molecular flexibility index (Phi) is 5.01. The normalized spacial score (nSPS) is 10.4. The van der Waals surface area contributed by atoms with Crippen LogP contribution in [-0.2, 0) is 16.0 Å². The topological polar surface area (TPSA) is 51.2 Å². The van der Waals surface area contributed by atoms with Gasteiger partial charge in [0.1, 0.15) is 0 Å². The smallest absolute Gasteiger partial charge is 0.311 e. The van der Waals surface area contributed by atoms with E-state index in [1.54, 1.807) is 0 Å². The monoisotopic (exact) mass is 374 g/mol. The second-order valence-corrected chi connectivity index (χ2v) is 6.22. The third-order valence-corrected chi connectivity index (χ3v) is 4.46. The molecule has 0 amide bonds. The first-order valence-corrected chi connectivity index (χ1v) is 7.78. The first-order chi connectivity index (χ1) is 9.49. The Labute approximate surface area is 134 Å². The highest BCUT2D eigenvalue weighted by atomic mass is 79.9. The van der Waals surface area contributed by atoms with Crippen molar-refractivity contribution < 1.29 is 9.53 Å². The Bertz CT molecular complexity index is 645. The maximum atomic E-state index is 11.2. The molecule has 0 saturated heterocycles. The number of benzene rings is 1. The van der Waals surface area contributed by atoms with Gasteiger partial charge in [-0.25, -0.2) is 4.98 Å². The number of nitrogens with zero attached hydrogens (tertiary/aromatic N) is 1. The average molecular weight is 376 g/mol. The number of halogens is 2. The van der Waals surface area contributed by atoms with Gasteiger partial charge in [0.2, 0.25) is 0 Å². The Morgan fingerprint density at radius 2 is 2.30 bits per heavy atom. The molecule has 0 bridgehead atoms. The molecule has 1 aromatic carbocycles. The number of aryl methyl sites for hydroxylation is 1. The second kappa shape index (κ2) is 6.56. The molecule has 1 aromatic heterocycles. The van der Waals surface area contributed by atoms with Crippen LogP contribution >= 0.6 is 38.9 Å². The highest BCUT2D eigenvalue weighted by Crippen LogP contribution is 2.32. The largest absolute Gasteiger partial charge is 0.469 e. The van der Waals surface area contributed by atoms with Gasteiger partial charge in [-0.15, -0.1) is 11.3 Å². The van der Waals surface area contributed by atoms with E-state index in [0.717, 1.165) is 15.7 Å². The Balaban J connectivity index is 2.14. The lowest BCUT2D eigenvalue weighted by Crippen LogP contribution is -2.04. The lowest BCUT2D eigenvalue weighted by atomic mass is 10.2. The van der Waals surface area contributed by atoms with E-state index in [4.69, 9.17) is 11.6 Å². The van der Waals surface area contributed by atoms with Crippen LogP contribution < -0.4 is 5.32 Å². The number of aromatic nitrogens is 1. The molecule has 0 aliphatic heterocycles. The van der Waals surface area contributed by atoms with E-state index >= 15 is 0 Å². The minimum atomic E-state index is -0.304. The van der Waals surface area contributed by atoms with E-state index in [1.807, 2.05) is 24.4 Å². The maximum Gasteiger partial charge on any atom is 0.311 e. The summed E-state index contributed by atoms with van der Waals surface area (Å²) in [5, 5.41) is 6.38. The zero-order valence-corrected chi connectivity index (χ0v) is 14.0. The van der Waals surface area contributed by atoms with Gasteiger partial charge in [0.15, 0.2) is 5.13 Å². The maximum absolute atomic E-state index is 11.2. The molecule has 0 unspecified atom stereocenters. The van der Waals surface area contributed by atoms with Gasteiger partial charge in [-0.2, -0.15) is 0 Å². The van der Waals surface area contributed by atoms with Crippen molar-refractivity contribution in [3.8, 4) is 0 Å². The fourth-order valence-corrected chi connectivity index (χ4v) is 2.97. The minimum Gasteiger partial charge on any atom is -0.469 e. The van der Waals surface area contributed by atoms with Crippen molar-refractivity contribution in [3.05, 3.63) is 38.3 Å². The summed E-state index contributed by atoms with van der Waals surface area (Å²) in [5.41, 5.74) is 2.51. The number of nitrogens with one attached hydrogen (secondary N) is 1. The van der Waals surface area contributed by atoms with Gasteiger partial charge < -0.3 is 10.1 Å². The number of rotatable bonds is 4. The summed E-state index contributed by atoms with van der Waals surface area (Å²) in [4.78, 5) is 15.5. The van der Waals surface area contributed by atoms with Gasteiger partial charge >= 0.3 is 5.97 Å². The van der Waals surface area contributed by atoms with E-state index in [2.05, 4.69) is 31.0 Å². The highest BCUT2D eigenvalue weighted by molar-refractivity contribution is 9.10. The molecule has 7 heteroatoms. The Hall–Kier alpha value is -1.11. The van der Waals surface area contributed by atoms with Crippen LogP contribution in [0.2, 0.25) is 5.02 Å². The van der Waals surface area contributed by atoms with Crippen molar-refractivity contribution in [1.82, 2.24) is 4.98 Å². The standard InChI is InChI=1S/C13H12BrClN2O2S/c1-7-3-9(14)11(5-10(7)15)17-13-16-8(6-20-13)4-12(18)19-2/h3,5-6H,4H2,1-2H3,(H,16,17). The number of carbonyl (C=O) groups is 1. The number of thiazole rings is 1. The van der Waals surface area contributed by atoms with E-state index in [0.29, 0.717) is 15.8 Å². The highest BCUT2D eigenvalue weighted by Gasteiger charge is 2.10. The van der Waals surface area contributed by atoms with Crippen molar-refractivity contribution in [2.45, 2.75) is 13.3 Å². The molecule has 106 valence electrons. The molecule has 0 saturated carbocycles. The van der Waals surface area contributed by atoms with E-state index in [1.165, 1.54) is 18.4 Å². The summed E-state index contributed by atoms with van der Waals surface area (Å²) in [5.74, 6) is -0.304. The van der Waals surface area contributed by atoms with Crippen molar-refractivity contribution in [3.63, 3.8) is 0 Å². The van der Waals surface area contributed by atoms with Gasteiger partial charge in [-0.05, 0) is 40.5 Å². The number of esters is 1. The third kappa shape index (κ3) is 3.71. The molecule has 1 N–H and O–H groups in total. The molecule has 2 rings (SSSR count). The summed E-state index contributed by atoms with van der Waals surface area (Å²) in [7, 11) is 1.36. The molecular formula is C13H12BrClN2O2S. The minimum absolute atomic E-state index is 0.171. The Morgan fingerprint density at radius 3 is 3.00 bits per heavy atom. The molecule has 0 atom stereocenters. The van der Waals surface area contributed by atoms with Crippen molar-refractivity contribution in [1.29, 1.82) is 0 Å². The summed E-state index contributed by atoms with van der Waals surface area (Å²) in [6.07, 6.45) is 0.171. The summed E-state index contributed by atoms with van der Waals surface area (Å²) >= 11 is 11.0. The molecule has 0 fully saturated rings. The Morgan fingerprint density at radius 1 is 1.55 bits per heavy atom. The van der Waals surface area contributed by atoms with Crippen LogP contribution in [0.3, 0.4) is 0 Å². The van der Waals surface area contributed by atoms with Crippen LogP contribution in [0, 0.1) is 6.92 Å². The van der Waals surface area contributed by atoms with Crippen LogP contribution in [0.15, 0.2) is 22.0 Å². The summed E-state index contributed by atoms with van der Waals surface area (Å²) < 4.78 is 5.52. The van der Waals surface area contributed by atoms with Gasteiger partial charge in [-0.1, -0.05) is 11.6 Å². The molecule has 0 aliphatic rings. The third-order valence-electron chi connectivity index (χ3n) is 2.59. The summed E-state index contributed by atoms with van der Waals surface area (Å²) in [6, 6.07) is 3.77. The van der Waals surface area contributed by atoms with E-state index in [-0.39, 0.29) is 12.4 Å². The second-order valence-electron chi connectivity index (χ2n) is 4.10. The predicted octanol–water partition coefficient (Wildman–Crippen LogP) is 4.33. The van der Waals surface area contributed by atoms with Crippen molar-refractivity contribution in [2.75, 3.05) is 12.4 Å². The first-order valence-electron chi connectivity index (χ1n) is 5.73. The van der Waals surface area contributed by atoms with Crippen LogP contribution in [0.1, 0.15) is 11.3 Å². The fourth-order valence-electron chi connectivity index (χ4n) is 1.52. The number of carbonyl (C=O) groups excluding carboxylic acids is 1. The van der Waals surface area contributed by atoms with E-state index in [9.17, 15) is 4.79 Å². The molecular weight excluding hydrogens is 364 g/mol. The fraction of sp³-hybridized carbons (Fsp3) is 0.231. The van der Waals surface area contributed by atoms with Gasteiger partial charge in [-0.3, -0.25) is 4.79 Å². The quantitative estimate of drug-likeness (QED) is 0.808. The van der Waals surface area contributed by atoms with Crippen LogP contribution in [0.4, 0.5) is 10.8 Å². The van der Waals surface area contributed by atoms with Gasteiger partial charge in [0.05, 0.1) is 24.9 Å². The molecule has 20 heavy (non-hydrogen) atoms. The lowest BCUT2D eigenvalue weighted by molar-refractivity contribution is -0.139. The number of ether oxygens (including phenoxy) is 1. The summed E-state index contributed by atoms with van der Waals surface area (Å²) in [6.45, 7) is 1.94. The number of anilines is 2. The predicted molar refractivity (Wildman–Crippen MR) is 85.0 cm³/mol. The van der Waals surface area contributed by atoms with Gasteiger partial charge in [0, 0.05) is 14.9 Å². The molecule has 1 heterocycles. The number of hydrogen-bond donors (Lipinski definition) is 1. The van der Waals surface area contributed by atoms with Crippen molar-refractivity contribution in [2.24, 2.45) is 0 Å². The number of methoxy groups -OCH3 is 1.